The first-order chi connectivity index (χ1) is 9.60. The molecule has 0 aromatic carbocycles. The van der Waals surface area contributed by atoms with Crippen LogP contribution in [0, 0.1) is 0 Å². The molecule has 0 aliphatic carbocycles. The molecule has 2 rings (SSSR count). The number of aromatic nitrogens is 5. The van der Waals surface area contributed by atoms with Gasteiger partial charge < -0.3 is 9.47 Å². The van der Waals surface area contributed by atoms with Crippen molar-refractivity contribution in [1.29, 1.82) is 0 Å². The Morgan fingerprint density at radius 1 is 1.30 bits per heavy atom. The van der Waals surface area contributed by atoms with Crippen LogP contribution in [0.4, 0.5) is 5.95 Å². The number of aryl methyl sites for hydroxylation is 1. The topological polar surface area (TPSA) is 113 Å². The molecule has 0 amide bonds. The molecule has 0 atom stereocenters. The largest absolute Gasteiger partial charge is 0.461 e. The van der Waals surface area contributed by atoms with Crippen molar-refractivity contribution in [2.45, 2.75) is 33.4 Å². The number of nitrogens with two attached hydrogens (primary N) is 1. The first-order valence-corrected chi connectivity index (χ1v) is 6.20. The van der Waals surface area contributed by atoms with Crippen LogP contribution in [0.3, 0.4) is 0 Å². The number of hydrogen-bond acceptors (Lipinski definition) is 8. The van der Waals surface area contributed by atoms with Crippen LogP contribution >= 0.6 is 0 Å². The SMILES string of the molecule is CCn1cc(Oc2nc(NN)nc(OC(C)C)n2)cn1. The van der Waals surface area contributed by atoms with E-state index in [9.17, 15) is 0 Å². The maximum absolute atomic E-state index is 5.50. The van der Waals surface area contributed by atoms with E-state index in [-0.39, 0.29) is 24.1 Å². The predicted octanol–water partition coefficient (Wildman–Crippen LogP) is 0.953. The summed E-state index contributed by atoms with van der Waals surface area (Å²) in [4.78, 5) is 12.0. The number of ether oxygens (including phenoxy) is 2. The van der Waals surface area contributed by atoms with Gasteiger partial charge in [0.15, 0.2) is 5.75 Å². The van der Waals surface area contributed by atoms with Crippen LogP contribution < -0.4 is 20.7 Å². The minimum atomic E-state index is -0.0706. The van der Waals surface area contributed by atoms with Crippen LogP contribution in [0.5, 0.6) is 17.8 Å². The van der Waals surface area contributed by atoms with Crippen molar-refractivity contribution in [3.8, 4) is 17.8 Å². The summed E-state index contributed by atoms with van der Waals surface area (Å²) in [6.07, 6.45) is 3.24. The van der Waals surface area contributed by atoms with Gasteiger partial charge in [0.2, 0.25) is 5.95 Å². The highest BCUT2D eigenvalue weighted by molar-refractivity contribution is 5.27. The quantitative estimate of drug-likeness (QED) is 0.593. The average molecular weight is 279 g/mol. The Kier molecular flexibility index (Phi) is 4.31. The summed E-state index contributed by atoms with van der Waals surface area (Å²) in [5, 5.41) is 4.09. The summed E-state index contributed by atoms with van der Waals surface area (Å²) in [7, 11) is 0. The third kappa shape index (κ3) is 3.54. The molecule has 108 valence electrons. The Balaban J connectivity index is 2.21. The second-order valence-corrected chi connectivity index (χ2v) is 4.17. The molecule has 0 fully saturated rings. The fourth-order valence-corrected chi connectivity index (χ4v) is 1.39. The summed E-state index contributed by atoms with van der Waals surface area (Å²) in [6.45, 7) is 6.46. The van der Waals surface area contributed by atoms with Crippen LogP contribution in [0.15, 0.2) is 12.4 Å². The van der Waals surface area contributed by atoms with E-state index in [1.54, 1.807) is 17.1 Å². The zero-order valence-corrected chi connectivity index (χ0v) is 11.6. The van der Waals surface area contributed by atoms with E-state index in [1.807, 2.05) is 20.8 Å². The van der Waals surface area contributed by atoms with E-state index < -0.39 is 0 Å². The van der Waals surface area contributed by atoms with E-state index in [4.69, 9.17) is 15.3 Å². The van der Waals surface area contributed by atoms with Gasteiger partial charge in [-0.05, 0) is 20.8 Å². The summed E-state index contributed by atoms with van der Waals surface area (Å²) in [6, 6.07) is 0.222. The fraction of sp³-hybridized carbons (Fsp3) is 0.455. The minimum Gasteiger partial charge on any atom is -0.461 e. The molecule has 0 bridgehead atoms. The van der Waals surface area contributed by atoms with E-state index in [2.05, 4.69) is 25.5 Å². The first kappa shape index (κ1) is 14.0. The van der Waals surface area contributed by atoms with E-state index >= 15 is 0 Å². The maximum Gasteiger partial charge on any atom is 0.330 e. The van der Waals surface area contributed by atoms with Crippen molar-refractivity contribution in [3.63, 3.8) is 0 Å². The smallest absolute Gasteiger partial charge is 0.330 e. The monoisotopic (exact) mass is 279 g/mol. The number of rotatable bonds is 6. The van der Waals surface area contributed by atoms with Gasteiger partial charge >= 0.3 is 12.0 Å². The molecule has 2 aromatic rings. The maximum atomic E-state index is 5.50. The lowest BCUT2D eigenvalue weighted by atomic mass is 10.5. The van der Waals surface area contributed by atoms with Gasteiger partial charge in [0.05, 0.1) is 18.5 Å². The van der Waals surface area contributed by atoms with Crippen molar-refractivity contribution in [2.24, 2.45) is 5.84 Å². The van der Waals surface area contributed by atoms with E-state index in [0.717, 1.165) is 6.54 Å². The molecule has 0 spiro atoms. The van der Waals surface area contributed by atoms with Crippen LogP contribution in [0.1, 0.15) is 20.8 Å². The molecular weight excluding hydrogens is 262 g/mol. The highest BCUT2D eigenvalue weighted by atomic mass is 16.5. The van der Waals surface area contributed by atoms with Crippen LogP contribution in [0.2, 0.25) is 0 Å². The zero-order chi connectivity index (χ0) is 14.5. The highest BCUT2D eigenvalue weighted by Gasteiger charge is 2.11. The van der Waals surface area contributed by atoms with Gasteiger partial charge in [-0.15, -0.1) is 4.98 Å². The highest BCUT2D eigenvalue weighted by Crippen LogP contribution is 2.20. The Labute approximate surface area is 116 Å². The molecule has 2 heterocycles. The predicted molar refractivity (Wildman–Crippen MR) is 71.4 cm³/mol. The van der Waals surface area contributed by atoms with Crippen molar-refractivity contribution in [3.05, 3.63) is 12.4 Å². The van der Waals surface area contributed by atoms with Gasteiger partial charge in [-0.2, -0.15) is 15.1 Å². The van der Waals surface area contributed by atoms with Crippen LogP contribution in [0.25, 0.3) is 0 Å². The summed E-state index contributed by atoms with van der Waals surface area (Å²) in [5.74, 6) is 5.99. The lowest BCUT2D eigenvalue weighted by molar-refractivity contribution is 0.218. The standard InChI is InChI=1S/C11H17N7O2/c1-4-18-6-8(5-13-18)20-11-15-9(17-12)14-10(16-11)19-7(2)3/h5-7H,4,12H2,1-3H3,(H,14,15,16,17). The average Bonchev–Trinajstić information content (AvgIpc) is 2.85. The van der Waals surface area contributed by atoms with Gasteiger partial charge in [-0.1, -0.05) is 0 Å². The number of hydrazine groups is 1. The summed E-state index contributed by atoms with van der Waals surface area (Å²) >= 11 is 0. The summed E-state index contributed by atoms with van der Waals surface area (Å²) < 4.78 is 12.6. The van der Waals surface area contributed by atoms with Gasteiger partial charge in [-0.3, -0.25) is 10.1 Å². The molecule has 0 unspecified atom stereocenters. The van der Waals surface area contributed by atoms with Crippen molar-refractivity contribution in [2.75, 3.05) is 5.43 Å². The second kappa shape index (κ2) is 6.15. The van der Waals surface area contributed by atoms with Crippen molar-refractivity contribution < 1.29 is 9.47 Å². The summed E-state index contributed by atoms with van der Waals surface area (Å²) in [5.41, 5.74) is 2.34. The van der Waals surface area contributed by atoms with Gasteiger partial charge in [0.1, 0.15) is 0 Å². The van der Waals surface area contributed by atoms with Crippen molar-refractivity contribution >= 4 is 5.95 Å². The number of anilines is 1. The number of nitrogen functional groups attached to an aromatic ring is 1. The molecule has 9 nitrogen and oxygen atoms in total. The van der Waals surface area contributed by atoms with E-state index in [1.165, 1.54) is 0 Å². The van der Waals surface area contributed by atoms with Crippen LogP contribution in [-0.2, 0) is 6.54 Å². The third-order valence-corrected chi connectivity index (χ3v) is 2.21. The van der Waals surface area contributed by atoms with E-state index in [0.29, 0.717) is 5.75 Å². The lowest BCUT2D eigenvalue weighted by Gasteiger charge is -2.09. The number of hydrogen-bond donors (Lipinski definition) is 2. The Hall–Kier alpha value is -2.42. The second-order valence-electron chi connectivity index (χ2n) is 4.17. The van der Waals surface area contributed by atoms with Gasteiger partial charge in [0, 0.05) is 6.54 Å². The minimum absolute atomic E-state index is 0.0706. The fourth-order valence-electron chi connectivity index (χ4n) is 1.39. The molecule has 0 aliphatic rings. The Morgan fingerprint density at radius 2 is 2.05 bits per heavy atom. The first-order valence-electron chi connectivity index (χ1n) is 6.20. The Bertz CT molecular complexity index is 570. The molecule has 0 aliphatic heterocycles. The normalized spacial score (nSPS) is 10.7. The molecule has 0 radical (unpaired) electrons. The number of nitrogens with one attached hydrogen (secondary N) is 1. The van der Waals surface area contributed by atoms with Crippen LogP contribution in [-0.4, -0.2) is 30.8 Å². The zero-order valence-electron chi connectivity index (χ0n) is 11.6. The lowest BCUT2D eigenvalue weighted by Crippen LogP contribution is -2.14. The van der Waals surface area contributed by atoms with Gasteiger partial charge in [0.25, 0.3) is 0 Å². The van der Waals surface area contributed by atoms with Crippen molar-refractivity contribution in [1.82, 2.24) is 24.7 Å². The molecule has 9 heteroatoms. The molecular formula is C11H17N7O2. The molecule has 0 saturated heterocycles. The third-order valence-electron chi connectivity index (χ3n) is 2.21. The Morgan fingerprint density at radius 3 is 2.65 bits per heavy atom. The molecule has 0 saturated carbocycles. The van der Waals surface area contributed by atoms with Gasteiger partial charge in [-0.25, -0.2) is 5.84 Å². The molecule has 3 N–H and O–H groups in total. The molecule has 20 heavy (non-hydrogen) atoms. The molecule has 2 aromatic heterocycles. The number of nitrogens with zero attached hydrogens (tertiary/aromatic N) is 5.